The van der Waals surface area contributed by atoms with Gasteiger partial charge in [-0.3, -0.25) is 0 Å². The van der Waals surface area contributed by atoms with Crippen molar-refractivity contribution < 1.29 is 14.0 Å². The fraction of sp³-hybridized carbons (Fsp3) is 0.882. The molecule has 0 bridgehead atoms. The van der Waals surface area contributed by atoms with Crippen molar-refractivity contribution in [3.05, 3.63) is 0 Å². The topological polar surface area (TPSA) is 38.7 Å². The lowest BCUT2D eigenvalue weighted by Gasteiger charge is -2.49. The highest BCUT2D eigenvalue weighted by atomic mass is 28.3. The Morgan fingerprint density at radius 2 is 1.09 bits per heavy atom. The molecule has 1 N–H and O–H groups in total. The molecule has 0 saturated carbocycles. The van der Waals surface area contributed by atoms with E-state index in [9.17, 15) is 5.11 Å². The van der Waals surface area contributed by atoms with Gasteiger partial charge in [0.05, 0.1) is 12.2 Å². The lowest BCUT2D eigenvalue weighted by molar-refractivity contribution is -0.152. The molecule has 0 aliphatic carbocycles. The molecule has 0 aliphatic rings. The maximum Gasteiger partial charge on any atom is 0.175 e. The standard InChI is InChI=1S/C17H36O3Si2/c1-12-17(18,13(15(2,3)4)19-21(8)9)14(16(5,6)7)20-22(10)11/h1,13-14,18,21-22H,2-11H3. The van der Waals surface area contributed by atoms with Gasteiger partial charge >= 0.3 is 0 Å². The highest BCUT2D eigenvalue weighted by Crippen LogP contribution is 2.40. The Morgan fingerprint density at radius 3 is 1.23 bits per heavy atom. The first-order valence-electron chi connectivity index (χ1n) is 8.17. The van der Waals surface area contributed by atoms with E-state index in [0.717, 1.165) is 0 Å². The second kappa shape index (κ2) is 7.63. The molecule has 0 fully saturated rings. The Bertz CT molecular complexity index is 358. The van der Waals surface area contributed by atoms with Crippen molar-refractivity contribution in [3.63, 3.8) is 0 Å². The number of rotatable bonds is 6. The number of hydrogen-bond donors (Lipinski definition) is 1. The molecule has 0 aliphatic heterocycles. The predicted molar refractivity (Wildman–Crippen MR) is 100 cm³/mol. The molecule has 0 rings (SSSR count). The maximum atomic E-state index is 11.5. The first kappa shape index (κ1) is 21.9. The molecule has 0 heterocycles. The third-order valence-corrected chi connectivity index (χ3v) is 5.05. The summed E-state index contributed by atoms with van der Waals surface area (Å²) in [5.41, 5.74) is -1.99. The van der Waals surface area contributed by atoms with Crippen molar-refractivity contribution >= 4 is 18.1 Å². The molecule has 130 valence electrons. The normalized spacial score (nSPS) is 18.9. The van der Waals surface area contributed by atoms with Crippen LogP contribution in [-0.2, 0) is 8.85 Å². The zero-order valence-electron chi connectivity index (χ0n) is 16.2. The molecule has 0 aromatic heterocycles. The summed E-state index contributed by atoms with van der Waals surface area (Å²) in [7, 11) is -2.75. The van der Waals surface area contributed by atoms with Crippen molar-refractivity contribution in [1.29, 1.82) is 0 Å². The quantitative estimate of drug-likeness (QED) is 0.594. The zero-order valence-corrected chi connectivity index (χ0v) is 18.5. The van der Waals surface area contributed by atoms with Crippen LogP contribution in [0.5, 0.6) is 0 Å². The van der Waals surface area contributed by atoms with Gasteiger partial charge in [0.25, 0.3) is 0 Å². The molecule has 22 heavy (non-hydrogen) atoms. The number of hydrogen-bond acceptors (Lipinski definition) is 3. The Labute approximate surface area is 141 Å². The van der Waals surface area contributed by atoms with Crippen molar-refractivity contribution in [2.24, 2.45) is 10.8 Å². The monoisotopic (exact) mass is 344 g/mol. The third kappa shape index (κ3) is 5.82. The van der Waals surface area contributed by atoms with Gasteiger partial charge in [0.1, 0.15) is 0 Å². The summed E-state index contributed by atoms with van der Waals surface area (Å²) in [6, 6.07) is 0. The van der Waals surface area contributed by atoms with Gasteiger partial charge in [0.2, 0.25) is 0 Å². The van der Waals surface area contributed by atoms with Crippen LogP contribution in [0.2, 0.25) is 26.2 Å². The lowest BCUT2D eigenvalue weighted by atomic mass is 9.70. The highest BCUT2D eigenvalue weighted by molar-refractivity contribution is 6.48. The van der Waals surface area contributed by atoms with Gasteiger partial charge in [-0.2, -0.15) is 0 Å². The van der Waals surface area contributed by atoms with E-state index < -0.39 is 35.9 Å². The molecular weight excluding hydrogens is 308 g/mol. The average molecular weight is 345 g/mol. The smallest absolute Gasteiger partial charge is 0.175 e. The fourth-order valence-electron chi connectivity index (χ4n) is 2.77. The van der Waals surface area contributed by atoms with E-state index in [2.05, 4.69) is 73.7 Å². The minimum atomic E-state index is -1.44. The molecular formula is C17H36O3Si2. The molecule has 0 radical (unpaired) electrons. The van der Waals surface area contributed by atoms with E-state index in [4.69, 9.17) is 15.3 Å². The minimum absolute atomic E-state index is 0.274. The van der Waals surface area contributed by atoms with Crippen LogP contribution in [0.3, 0.4) is 0 Å². The second-order valence-electron chi connectivity index (χ2n) is 8.83. The lowest BCUT2D eigenvalue weighted by Crippen LogP contribution is -2.63. The Morgan fingerprint density at radius 1 is 0.818 bits per heavy atom. The maximum absolute atomic E-state index is 11.5. The van der Waals surface area contributed by atoms with E-state index in [1.54, 1.807) is 0 Å². The summed E-state index contributed by atoms with van der Waals surface area (Å²) in [6.07, 6.45) is 4.92. The van der Waals surface area contributed by atoms with Crippen LogP contribution in [0.4, 0.5) is 0 Å². The summed E-state index contributed by atoms with van der Waals surface area (Å²) >= 11 is 0. The van der Waals surface area contributed by atoms with Crippen molar-refractivity contribution in [2.45, 2.75) is 85.5 Å². The van der Waals surface area contributed by atoms with E-state index in [0.29, 0.717) is 0 Å². The average Bonchev–Trinajstić information content (AvgIpc) is 2.29. The van der Waals surface area contributed by atoms with Crippen LogP contribution in [0, 0.1) is 23.2 Å². The van der Waals surface area contributed by atoms with Gasteiger partial charge < -0.3 is 14.0 Å². The second-order valence-corrected chi connectivity index (χ2v) is 13.6. The molecule has 3 nitrogen and oxygen atoms in total. The molecule has 2 unspecified atom stereocenters. The van der Waals surface area contributed by atoms with Crippen molar-refractivity contribution in [3.8, 4) is 12.3 Å². The number of terminal acetylenes is 1. The SMILES string of the molecule is C#CC(O)(C(O[SiH](C)C)C(C)(C)C)C(O[SiH](C)C)C(C)(C)C. The van der Waals surface area contributed by atoms with Crippen molar-refractivity contribution in [2.75, 3.05) is 0 Å². The summed E-state index contributed by atoms with van der Waals surface area (Å²) in [6.45, 7) is 20.7. The molecule has 0 aromatic rings. The van der Waals surface area contributed by atoms with Gasteiger partial charge in [-0.25, -0.2) is 0 Å². The summed E-state index contributed by atoms with van der Waals surface area (Å²) in [5, 5.41) is 11.5. The molecule has 0 aromatic carbocycles. The van der Waals surface area contributed by atoms with E-state index in [1.165, 1.54) is 0 Å². The van der Waals surface area contributed by atoms with Crippen LogP contribution in [-0.4, -0.2) is 41.0 Å². The van der Waals surface area contributed by atoms with Gasteiger partial charge in [-0.15, -0.1) is 6.42 Å². The molecule has 0 amide bonds. The minimum Gasteiger partial charge on any atom is -0.413 e. The van der Waals surface area contributed by atoms with Gasteiger partial charge in [-0.05, 0) is 37.0 Å². The summed E-state index contributed by atoms with van der Waals surface area (Å²) < 4.78 is 12.4. The highest BCUT2D eigenvalue weighted by Gasteiger charge is 2.53. The fourth-order valence-corrected chi connectivity index (χ4v) is 5.09. The van der Waals surface area contributed by atoms with E-state index in [-0.39, 0.29) is 10.8 Å². The Hall–Kier alpha value is -0.126. The zero-order chi connectivity index (χ0) is 17.9. The van der Waals surface area contributed by atoms with Crippen molar-refractivity contribution in [1.82, 2.24) is 0 Å². The van der Waals surface area contributed by atoms with Crippen LogP contribution in [0.1, 0.15) is 41.5 Å². The van der Waals surface area contributed by atoms with Gasteiger partial charge in [-0.1, -0.05) is 47.5 Å². The molecule has 0 spiro atoms. The summed E-state index contributed by atoms with van der Waals surface area (Å²) in [5.74, 6) is 2.65. The first-order chi connectivity index (χ1) is 9.66. The molecule has 2 atom stereocenters. The van der Waals surface area contributed by atoms with E-state index >= 15 is 0 Å². The van der Waals surface area contributed by atoms with Crippen LogP contribution < -0.4 is 0 Å². The van der Waals surface area contributed by atoms with Crippen LogP contribution in [0.25, 0.3) is 0 Å². The Balaban J connectivity index is 5.99. The Kier molecular flexibility index (Phi) is 7.59. The van der Waals surface area contributed by atoms with Gasteiger partial charge in [0, 0.05) is 0 Å². The predicted octanol–water partition coefficient (Wildman–Crippen LogP) is 3.18. The van der Waals surface area contributed by atoms with Crippen LogP contribution >= 0.6 is 0 Å². The number of aliphatic hydroxyl groups is 1. The summed E-state index contributed by atoms with van der Waals surface area (Å²) in [4.78, 5) is 0. The van der Waals surface area contributed by atoms with E-state index in [1.807, 2.05) is 0 Å². The molecule has 5 heteroatoms. The van der Waals surface area contributed by atoms with Gasteiger partial charge in [0.15, 0.2) is 23.7 Å². The third-order valence-electron chi connectivity index (χ3n) is 3.42. The van der Waals surface area contributed by atoms with Crippen LogP contribution in [0.15, 0.2) is 0 Å². The first-order valence-corrected chi connectivity index (χ1v) is 13.7. The molecule has 0 saturated heterocycles. The largest absolute Gasteiger partial charge is 0.413 e.